The standard InChI is InChI=1S/C9H6ClF2N3/c10-4-1-2-5(11)8(9(4)12)6-3-7(13)15-14-6/h1-3H,(H3,13,14,15). The predicted octanol–water partition coefficient (Wildman–Crippen LogP) is 2.59. The van der Waals surface area contributed by atoms with E-state index in [9.17, 15) is 8.78 Å². The van der Waals surface area contributed by atoms with Gasteiger partial charge in [0.05, 0.1) is 16.3 Å². The smallest absolute Gasteiger partial charge is 0.154 e. The average molecular weight is 230 g/mol. The third-order valence-electron chi connectivity index (χ3n) is 1.91. The normalized spacial score (nSPS) is 10.6. The second-order valence-corrected chi connectivity index (χ2v) is 3.33. The van der Waals surface area contributed by atoms with E-state index in [1.807, 2.05) is 0 Å². The number of rotatable bonds is 1. The number of nitrogen functional groups attached to an aromatic ring is 1. The third-order valence-corrected chi connectivity index (χ3v) is 2.20. The average Bonchev–Trinajstić information content (AvgIpc) is 2.59. The van der Waals surface area contributed by atoms with Crippen LogP contribution >= 0.6 is 11.6 Å². The molecule has 0 spiro atoms. The maximum absolute atomic E-state index is 13.5. The maximum atomic E-state index is 13.5. The Hall–Kier alpha value is -1.62. The van der Waals surface area contributed by atoms with Crippen LogP contribution in [0.15, 0.2) is 18.2 Å². The van der Waals surface area contributed by atoms with Crippen LogP contribution in [-0.2, 0) is 0 Å². The van der Waals surface area contributed by atoms with Crippen LogP contribution in [0.5, 0.6) is 0 Å². The van der Waals surface area contributed by atoms with Gasteiger partial charge in [-0.05, 0) is 12.1 Å². The van der Waals surface area contributed by atoms with Gasteiger partial charge in [0.25, 0.3) is 0 Å². The Morgan fingerprint density at radius 1 is 1.33 bits per heavy atom. The first-order valence-electron chi connectivity index (χ1n) is 4.04. The van der Waals surface area contributed by atoms with E-state index in [-0.39, 0.29) is 22.1 Å². The lowest BCUT2D eigenvalue weighted by Crippen LogP contribution is -1.91. The van der Waals surface area contributed by atoms with E-state index < -0.39 is 11.6 Å². The molecule has 1 heterocycles. The molecule has 0 saturated heterocycles. The van der Waals surface area contributed by atoms with Crippen LogP contribution in [0, 0.1) is 11.6 Å². The van der Waals surface area contributed by atoms with E-state index in [0.717, 1.165) is 12.1 Å². The molecule has 0 fully saturated rings. The molecule has 3 nitrogen and oxygen atoms in total. The summed E-state index contributed by atoms with van der Waals surface area (Å²) in [7, 11) is 0. The van der Waals surface area contributed by atoms with E-state index in [1.54, 1.807) is 0 Å². The number of hydrogen-bond acceptors (Lipinski definition) is 2. The highest BCUT2D eigenvalue weighted by atomic mass is 35.5. The number of halogens is 3. The zero-order chi connectivity index (χ0) is 11.0. The van der Waals surface area contributed by atoms with Crippen molar-refractivity contribution >= 4 is 17.4 Å². The molecule has 0 radical (unpaired) electrons. The van der Waals surface area contributed by atoms with E-state index in [2.05, 4.69) is 10.2 Å². The molecular formula is C9H6ClF2N3. The van der Waals surface area contributed by atoms with Gasteiger partial charge in [-0.3, -0.25) is 5.10 Å². The number of benzene rings is 1. The van der Waals surface area contributed by atoms with Gasteiger partial charge >= 0.3 is 0 Å². The fourth-order valence-corrected chi connectivity index (χ4v) is 1.40. The van der Waals surface area contributed by atoms with Crippen LogP contribution in [-0.4, -0.2) is 10.2 Å². The first-order valence-corrected chi connectivity index (χ1v) is 4.42. The summed E-state index contributed by atoms with van der Waals surface area (Å²) in [5, 5.41) is 5.85. The maximum Gasteiger partial charge on any atom is 0.154 e. The fourth-order valence-electron chi connectivity index (χ4n) is 1.24. The van der Waals surface area contributed by atoms with Crippen LogP contribution in [0.25, 0.3) is 11.3 Å². The monoisotopic (exact) mass is 229 g/mol. The Bertz CT molecular complexity index is 510. The molecule has 0 atom stereocenters. The van der Waals surface area contributed by atoms with Crippen LogP contribution in [0.4, 0.5) is 14.6 Å². The molecule has 0 aliphatic rings. The second kappa shape index (κ2) is 3.51. The molecule has 6 heteroatoms. The van der Waals surface area contributed by atoms with E-state index in [4.69, 9.17) is 17.3 Å². The summed E-state index contributed by atoms with van der Waals surface area (Å²) in [6.07, 6.45) is 0. The van der Waals surface area contributed by atoms with Gasteiger partial charge in [0.15, 0.2) is 5.82 Å². The minimum absolute atomic E-state index is 0.153. The van der Waals surface area contributed by atoms with Crippen LogP contribution in [0.3, 0.4) is 0 Å². The number of aromatic nitrogens is 2. The molecule has 3 N–H and O–H groups in total. The molecule has 1 aromatic carbocycles. The van der Waals surface area contributed by atoms with Crippen LogP contribution < -0.4 is 5.73 Å². The number of nitrogens with zero attached hydrogens (tertiary/aromatic N) is 1. The van der Waals surface area contributed by atoms with Crippen LogP contribution in [0.2, 0.25) is 5.02 Å². The van der Waals surface area contributed by atoms with Crippen molar-refractivity contribution in [2.45, 2.75) is 0 Å². The number of hydrogen-bond donors (Lipinski definition) is 2. The topological polar surface area (TPSA) is 54.7 Å². The molecule has 0 aliphatic carbocycles. The molecule has 0 amide bonds. The lowest BCUT2D eigenvalue weighted by molar-refractivity contribution is 0.589. The van der Waals surface area contributed by atoms with Gasteiger partial charge in [0, 0.05) is 6.07 Å². The lowest BCUT2D eigenvalue weighted by atomic mass is 10.1. The molecule has 2 rings (SSSR count). The molecule has 0 saturated carbocycles. The van der Waals surface area contributed by atoms with E-state index in [0.29, 0.717) is 0 Å². The Kier molecular flexibility index (Phi) is 2.32. The van der Waals surface area contributed by atoms with Crippen molar-refractivity contribution < 1.29 is 8.78 Å². The van der Waals surface area contributed by atoms with Crippen molar-refractivity contribution in [2.75, 3.05) is 5.73 Å². The van der Waals surface area contributed by atoms with Crippen molar-refractivity contribution in [2.24, 2.45) is 0 Å². The fraction of sp³-hybridized carbons (Fsp3) is 0. The largest absolute Gasteiger partial charge is 0.382 e. The van der Waals surface area contributed by atoms with Gasteiger partial charge in [-0.15, -0.1) is 0 Å². The summed E-state index contributed by atoms with van der Waals surface area (Å²) in [4.78, 5) is 0. The molecule has 0 aliphatic heterocycles. The molecule has 0 unspecified atom stereocenters. The summed E-state index contributed by atoms with van der Waals surface area (Å²) in [5.74, 6) is -1.40. The summed E-state index contributed by atoms with van der Waals surface area (Å²) in [6.45, 7) is 0. The summed E-state index contributed by atoms with van der Waals surface area (Å²) >= 11 is 5.54. The minimum Gasteiger partial charge on any atom is -0.382 e. The van der Waals surface area contributed by atoms with Gasteiger partial charge < -0.3 is 5.73 Å². The minimum atomic E-state index is -0.833. The summed E-state index contributed by atoms with van der Waals surface area (Å²) in [5.41, 5.74) is 5.23. The summed E-state index contributed by atoms with van der Waals surface area (Å²) < 4.78 is 26.8. The molecule has 0 bridgehead atoms. The highest BCUT2D eigenvalue weighted by Gasteiger charge is 2.16. The molecule has 15 heavy (non-hydrogen) atoms. The van der Waals surface area contributed by atoms with Gasteiger partial charge in [-0.1, -0.05) is 11.6 Å². The Morgan fingerprint density at radius 3 is 2.67 bits per heavy atom. The SMILES string of the molecule is Nc1cc(-c2c(F)ccc(Cl)c2F)[nH]n1. The first-order chi connectivity index (χ1) is 7.09. The number of nitrogens with two attached hydrogens (primary N) is 1. The quantitative estimate of drug-likeness (QED) is 0.739. The Morgan fingerprint density at radius 2 is 2.07 bits per heavy atom. The third kappa shape index (κ3) is 1.66. The molecule has 78 valence electrons. The Balaban J connectivity index is 2.66. The zero-order valence-corrected chi connectivity index (χ0v) is 8.15. The highest BCUT2D eigenvalue weighted by Crippen LogP contribution is 2.29. The molecular weight excluding hydrogens is 224 g/mol. The van der Waals surface area contributed by atoms with Gasteiger partial charge in [0.1, 0.15) is 11.6 Å². The zero-order valence-electron chi connectivity index (χ0n) is 7.39. The van der Waals surface area contributed by atoms with Crippen molar-refractivity contribution in [3.63, 3.8) is 0 Å². The van der Waals surface area contributed by atoms with Gasteiger partial charge in [-0.25, -0.2) is 8.78 Å². The highest BCUT2D eigenvalue weighted by molar-refractivity contribution is 6.31. The number of nitrogens with one attached hydrogen (secondary N) is 1. The van der Waals surface area contributed by atoms with Crippen molar-refractivity contribution in [1.29, 1.82) is 0 Å². The van der Waals surface area contributed by atoms with Crippen molar-refractivity contribution in [1.82, 2.24) is 10.2 Å². The summed E-state index contributed by atoms with van der Waals surface area (Å²) in [6, 6.07) is 3.56. The first kappa shape index (κ1) is 9.92. The second-order valence-electron chi connectivity index (χ2n) is 2.92. The predicted molar refractivity (Wildman–Crippen MR) is 53.4 cm³/mol. The molecule has 2 aromatic rings. The number of anilines is 1. The van der Waals surface area contributed by atoms with Crippen LogP contribution in [0.1, 0.15) is 0 Å². The lowest BCUT2D eigenvalue weighted by Gasteiger charge is -2.03. The number of aromatic amines is 1. The van der Waals surface area contributed by atoms with Crippen molar-refractivity contribution in [3.05, 3.63) is 34.9 Å². The molecule has 1 aromatic heterocycles. The Labute approximate surface area is 88.9 Å². The van der Waals surface area contributed by atoms with E-state index >= 15 is 0 Å². The van der Waals surface area contributed by atoms with E-state index in [1.165, 1.54) is 6.07 Å². The van der Waals surface area contributed by atoms with Gasteiger partial charge in [-0.2, -0.15) is 5.10 Å². The van der Waals surface area contributed by atoms with Crippen molar-refractivity contribution in [3.8, 4) is 11.3 Å². The van der Waals surface area contributed by atoms with Gasteiger partial charge in [0.2, 0.25) is 0 Å². The number of H-pyrrole nitrogens is 1.